The van der Waals surface area contributed by atoms with Gasteiger partial charge in [-0.2, -0.15) is 0 Å². The third-order valence-corrected chi connectivity index (χ3v) is 4.10. The molecule has 118 valence electrons. The highest BCUT2D eigenvalue weighted by atomic mass is 35.5. The lowest BCUT2D eigenvalue weighted by Crippen LogP contribution is -2.48. The number of nitrogens with one attached hydrogen (secondary N) is 3. The fourth-order valence-corrected chi connectivity index (χ4v) is 2.81. The van der Waals surface area contributed by atoms with Gasteiger partial charge in [0.1, 0.15) is 5.69 Å². The van der Waals surface area contributed by atoms with Crippen LogP contribution in [-0.4, -0.2) is 30.0 Å². The van der Waals surface area contributed by atoms with Crippen LogP contribution in [0, 0.1) is 5.92 Å². The van der Waals surface area contributed by atoms with Crippen molar-refractivity contribution in [2.45, 2.75) is 19.4 Å². The Kier molecular flexibility index (Phi) is 5.21. The molecule has 22 heavy (non-hydrogen) atoms. The Balaban J connectivity index is 0.00000176. The van der Waals surface area contributed by atoms with Crippen LogP contribution in [0.3, 0.4) is 0 Å². The molecule has 0 saturated carbocycles. The van der Waals surface area contributed by atoms with E-state index in [1.165, 1.54) is 0 Å². The Hall–Kier alpha value is -1.85. The van der Waals surface area contributed by atoms with E-state index in [9.17, 15) is 9.59 Å². The predicted octanol–water partition coefficient (Wildman–Crippen LogP) is 1.68. The molecule has 2 aromatic rings. The first kappa shape index (κ1) is 16.5. The number of piperidine rings is 1. The summed E-state index contributed by atoms with van der Waals surface area (Å²) in [6.45, 7) is 3.92. The third-order valence-electron chi connectivity index (χ3n) is 4.10. The summed E-state index contributed by atoms with van der Waals surface area (Å²) < 4.78 is 0. The molecule has 3 rings (SSSR count). The Bertz CT molecular complexity index is 729. The second-order valence-corrected chi connectivity index (χ2v) is 5.65. The molecule has 2 atom stereocenters. The van der Waals surface area contributed by atoms with Crippen molar-refractivity contribution in [2.75, 3.05) is 13.1 Å². The lowest BCUT2D eigenvalue weighted by molar-refractivity contribution is 0.0909. The van der Waals surface area contributed by atoms with E-state index in [-0.39, 0.29) is 29.9 Å². The molecule has 2 unspecified atom stereocenters. The maximum absolute atomic E-state index is 12.4. The number of pyridine rings is 1. The van der Waals surface area contributed by atoms with Gasteiger partial charge in [-0.3, -0.25) is 9.59 Å². The first-order chi connectivity index (χ1) is 10.1. The number of amides is 1. The largest absolute Gasteiger partial charge is 0.348 e. The van der Waals surface area contributed by atoms with Crippen molar-refractivity contribution in [3.8, 4) is 0 Å². The molecule has 5 nitrogen and oxygen atoms in total. The Morgan fingerprint density at radius 3 is 2.86 bits per heavy atom. The van der Waals surface area contributed by atoms with Crippen LogP contribution in [0.5, 0.6) is 0 Å². The van der Waals surface area contributed by atoms with E-state index in [1.807, 2.05) is 18.2 Å². The molecule has 1 aliphatic rings. The van der Waals surface area contributed by atoms with Crippen LogP contribution in [0.15, 0.2) is 35.1 Å². The number of hydrogen-bond acceptors (Lipinski definition) is 3. The van der Waals surface area contributed by atoms with Gasteiger partial charge >= 0.3 is 0 Å². The van der Waals surface area contributed by atoms with Crippen LogP contribution < -0.4 is 16.2 Å². The minimum atomic E-state index is -0.225. The van der Waals surface area contributed by atoms with E-state index in [4.69, 9.17) is 0 Å². The molecule has 2 heterocycles. The number of rotatable bonds is 2. The van der Waals surface area contributed by atoms with E-state index in [2.05, 4.69) is 22.5 Å². The standard InChI is InChI=1S/C16H19N3O2.ClH/c1-10-9-17-7-6-13(10)18-16(21)14-8-11-4-2-3-5-12(11)15(20)19-14;/h2-5,8,10,13,17H,6-7,9H2,1H3,(H,18,21)(H,19,20);1H. The van der Waals surface area contributed by atoms with Gasteiger partial charge in [0.2, 0.25) is 0 Å². The summed E-state index contributed by atoms with van der Waals surface area (Å²) in [4.78, 5) is 27.0. The van der Waals surface area contributed by atoms with Gasteiger partial charge in [0.25, 0.3) is 11.5 Å². The topological polar surface area (TPSA) is 74.0 Å². The highest BCUT2D eigenvalue weighted by Gasteiger charge is 2.23. The fourth-order valence-electron chi connectivity index (χ4n) is 2.81. The van der Waals surface area contributed by atoms with Crippen LogP contribution in [0.4, 0.5) is 0 Å². The quantitative estimate of drug-likeness (QED) is 0.788. The van der Waals surface area contributed by atoms with Crippen LogP contribution in [0.1, 0.15) is 23.8 Å². The average Bonchev–Trinajstić information content (AvgIpc) is 2.49. The Morgan fingerprint density at radius 1 is 1.32 bits per heavy atom. The predicted molar refractivity (Wildman–Crippen MR) is 89.7 cm³/mol. The molecule has 1 aromatic heterocycles. The molecule has 0 radical (unpaired) electrons. The molecule has 1 saturated heterocycles. The Morgan fingerprint density at radius 2 is 2.09 bits per heavy atom. The monoisotopic (exact) mass is 321 g/mol. The van der Waals surface area contributed by atoms with Crippen molar-refractivity contribution in [2.24, 2.45) is 5.92 Å². The van der Waals surface area contributed by atoms with Crippen LogP contribution in [0.25, 0.3) is 10.8 Å². The van der Waals surface area contributed by atoms with E-state index in [0.717, 1.165) is 24.9 Å². The zero-order valence-corrected chi connectivity index (χ0v) is 13.2. The van der Waals surface area contributed by atoms with Crippen molar-refractivity contribution in [1.29, 1.82) is 0 Å². The summed E-state index contributed by atoms with van der Waals surface area (Å²) in [5.74, 6) is 0.173. The van der Waals surface area contributed by atoms with Crippen molar-refractivity contribution < 1.29 is 4.79 Å². The maximum Gasteiger partial charge on any atom is 0.268 e. The van der Waals surface area contributed by atoms with Gasteiger partial charge in [-0.05, 0) is 42.9 Å². The molecule has 6 heteroatoms. The summed E-state index contributed by atoms with van der Waals surface area (Å²) in [5, 5.41) is 7.71. The van der Waals surface area contributed by atoms with Crippen LogP contribution in [0.2, 0.25) is 0 Å². The molecule has 1 amide bonds. The minimum absolute atomic E-state index is 0. The zero-order chi connectivity index (χ0) is 14.8. The van der Waals surface area contributed by atoms with E-state index in [1.54, 1.807) is 12.1 Å². The summed E-state index contributed by atoms with van der Waals surface area (Å²) in [6.07, 6.45) is 0.907. The second kappa shape index (κ2) is 6.94. The number of H-pyrrole nitrogens is 1. The normalized spacial score (nSPS) is 21.1. The average molecular weight is 322 g/mol. The lowest BCUT2D eigenvalue weighted by atomic mass is 9.95. The summed E-state index contributed by atoms with van der Waals surface area (Å²) in [5.41, 5.74) is 0.0982. The minimum Gasteiger partial charge on any atom is -0.348 e. The van der Waals surface area contributed by atoms with Crippen molar-refractivity contribution >= 4 is 29.1 Å². The van der Waals surface area contributed by atoms with Gasteiger partial charge in [-0.15, -0.1) is 12.4 Å². The van der Waals surface area contributed by atoms with E-state index in [0.29, 0.717) is 17.0 Å². The third kappa shape index (κ3) is 3.31. The number of carbonyl (C=O) groups is 1. The van der Waals surface area contributed by atoms with Gasteiger partial charge in [-0.25, -0.2) is 0 Å². The first-order valence-corrected chi connectivity index (χ1v) is 7.29. The number of carbonyl (C=O) groups excluding carboxylic acids is 1. The van der Waals surface area contributed by atoms with Crippen molar-refractivity contribution in [3.63, 3.8) is 0 Å². The molecule has 3 N–H and O–H groups in total. The van der Waals surface area contributed by atoms with E-state index >= 15 is 0 Å². The molecule has 1 fully saturated rings. The smallest absolute Gasteiger partial charge is 0.268 e. The SMILES string of the molecule is CC1CNCCC1NC(=O)c1cc2ccccc2c(=O)[nH]1.Cl. The number of aromatic nitrogens is 1. The summed E-state index contributed by atoms with van der Waals surface area (Å²) in [7, 11) is 0. The number of aromatic amines is 1. The molecule has 1 aliphatic heterocycles. The second-order valence-electron chi connectivity index (χ2n) is 5.65. The lowest BCUT2D eigenvalue weighted by Gasteiger charge is -2.30. The number of benzene rings is 1. The highest BCUT2D eigenvalue weighted by molar-refractivity contribution is 5.96. The summed E-state index contributed by atoms with van der Waals surface area (Å²) in [6, 6.07) is 9.15. The zero-order valence-electron chi connectivity index (χ0n) is 12.4. The van der Waals surface area contributed by atoms with Gasteiger partial charge in [0, 0.05) is 11.4 Å². The van der Waals surface area contributed by atoms with E-state index < -0.39 is 0 Å². The number of fused-ring (bicyclic) bond motifs is 1. The first-order valence-electron chi connectivity index (χ1n) is 7.29. The van der Waals surface area contributed by atoms with Gasteiger partial charge in [0.15, 0.2) is 0 Å². The molecule has 0 aliphatic carbocycles. The fraction of sp³-hybridized carbons (Fsp3) is 0.375. The molecular formula is C16H20ClN3O2. The number of halogens is 1. The molecule has 1 aromatic carbocycles. The van der Waals surface area contributed by atoms with Crippen molar-refractivity contribution in [1.82, 2.24) is 15.6 Å². The van der Waals surface area contributed by atoms with Gasteiger partial charge in [-0.1, -0.05) is 25.1 Å². The van der Waals surface area contributed by atoms with Gasteiger partial charge < -0.3 is 15.6 Å². The van der Waals surface area contributed by atoms with Crippen molar-refractivity contribution in [3.05, 3.63) is 46.4 Å². The van der Waals surface area contributed by atoms with Gasteiger partial charge in [0.05, 0.1) is 0 Å². The molecular weight excluding hydrogens is 302 g/mol. The van der Waals surface area contributed by atoms with Crippen LogP contribution >= 0.6 is 12.4 Å². The molecule has 0 spiro atoms. The Labute approximate surface area is 134 Å². The van der Waals surface area contributed by atoms with Crippen LogP contribution in [-0.2, 0) is 0 Å². The highest BCUT2D eigenvalue weighted by Crippen LogP contribution is 2.13. The molecule has 0 bridgehead atoms. The maximum atomic E-state index is 12.4. The summed E-state index contributed by atoms with van der Waals surface area (Å²) >= 11 is 0. The number of hydrogen-bond donors (Lipinski definition) is 3.